The summed E-state index contributed by atoms with van der Waals surface area (Å²) >= 11 is 0. The minimum atomic E-state index is -0.00201. The summed E-state index contributed by atoms with van der Waals surface area (Å²) in [6, 6.07) is 13.6. The van der Waals surface area contributed by atoms with Crippen LogP contribution in [0.3, 0.4) is 0 Å². The van der Waals surface area contributed by atoms with Crippen LogP contribution in [0.1, 0.15) is 11.1 Å². The Balaban J connectivity index is 1.71. The molecule has 0 saturated heterocycles. The van der Waals surface area contributed by atoms with Gasteiger partial charge in [-0.1, -0.05) is 29.8 Å². The number of likely N-dealkylation sites (N-methyl/N-ethyl adjacent to an activating group) is 1. The van der Waals surface area contributed by atoms with Crippen molar-refractivity contribution in [2.75, 3.05) is 37.0 Å². The van der Waals surface area contributed by atoms with E-state index in [2.05, 4.69) is 0 Å². The van der Waals surface area contributed by atoms with Crippen LogP contribution in [-0.2, 0) is 11.2 Å². The maximum atomic E-state index is 13.1. The van der Waals surface area contributed by atoms with Crippen molar-refractivity contribution < 1.29 is 9.53 Å². The van der Waals surface area contributed by atoms with Crippen LogP contribution in [0.2, 0.25) is 0 Å². The van der Waals surface area contributed by atoms with E-state index in [1.165, 1.54) is 0 Å². The Morgan fingerprint density at radius 3 is 2.48 bits per heavy atom. The number of carbonyl (C=O) groups excluding carboxylic acids is 1. The van der Waals surface area contributed by atoms with Gasteiger partial charge in [-0.25, -0.2) is 9.97 Å². The van der Waals surface area contributed by atoms with Gasteiger partial charge in [-0.05, 0) is 25.1 Å². The number of ether oxygens (including phenoxy) is 1. The smallest absolute Gasteiger partial charge is 0.232 e. The molecule has 0 fully saturated rings. The summed E-state index contributed by atoms with van der Waals surface area (Å²) in [5.41, 5.74) is 3.61. The fourth-order valence-electron chi connectivity index (χ4n) is 3.43. The van der Waals surface area contributed by atoms with Gasteiger partial charge in [-0.3, -0.25) is 9.69 Å². The molecule has 6 nitrogen and oxygen atoms in total. The molecule has 1 aliphatic heterocycles. The number of aromatic nitrogens is 2. The maximum absolute atomic E-state index is 13.1. The number of carbonyl (C=O) groups is 1. The summed E-state index contributed by atoms with van der Waals surface area (Å²) in [4.78, 5) is 26.4. The number of nitrogens with zero attached hydrogens (tertiary/aromatic N) is 4. The van der Waals surface area contributed by atoms with E-state index in [0.29, 0.717) is 12.4 Å². The Bertz CT molecular complexity index is 1020. The normalized spacial score (nSPS) is 13.6. The third-order valence-corrected chi connectivity index (χ3v) is 4.89. The van der Waals surface area contributed by atoms with Crippen LogP contribution in [0.4, 0.5) is 11.6 Å². The van der Waals surface area contributed by atoms with Crippen molar-refractivity contribution in [3.05, 3.63) is 53.6 Å². The molecular formula is C21H22N4O2. The molecule has 0 bridgehead atoms. The van der Waals surface area contributed by atoms with Crippen LogP contribution in [-0.4, -0.2) is 43.1 Å². The second kappa shape index (κ2) is 6.87. The van der Waals surface area contributed by atoms with Crippen molar-refractivity contribution >= 4 is 28.6 Å². The highest BCUT2D eigenvalue weighted by Crippen LogP contribution is 2.31. The average molecular weight is 362 g/mol. The molecule has 0 N–H and O–H groups in total. The predicted molar refractivity (Wildman–Crippen MR) is 107 cm³/mol. The number of rotatable bonds is 3. The van der Waals surface area contributed by atoms with Gasteiger partial charge >= 0.3 is 0 Å². The summed E-state index contributed by atoms with van der Waals surface area (Å²) in [5.74, 6) is 2.09. The molecule has 3 aromatic rings. The Labute approximate surface area is 158 Å². The molecule has 4 rings (SSSR count). The maximum Gasteiger partial charge on any atom is 0.232 e. The highest BCUT2D eigenvalue weighted by atomic mass is 16.5. The number of aryl methyl sites for hydroxylation is 1. The van der Waals surface area contributed by atoms with Gasteiger partial charge in [-0.2, -0.15) is 0 Å². The summed E-state index contributed by atoms with van der Waals surface area (Å²) in [7, 11) is 3.61. The van der Waals surface area contributed by atoms with Crippen LogP contribution in [0.5, 0.6) is 5.75 Å². The second-order valence-electron chi connectivity index (χ2n) is 6.82. The van der Waals surface area contributed by atoms with Crippen LogP contribution in [0.25, 0.3) is 11.0 Å². The molecule has 0 saturated carbocycles. The first-order chi connectivity index (χ1) is 13.1. The zero-order valence-electron chi connectivity index (χ0n) is 15.8. The van der Waals surface area contributed by atoms with E-state index in [1.807, 2.05) is 61.3 Å². The number of hydrogen-bond acceptors (Lipinski definition) is 5. The van der Waals surface area contributed by atoms with E-state index in [-0.39, 0.29) is 12.3 Å². The molecule has 0 spiro atoms. The van der Waals surface area contributed by atoms with Crippen LogP contribution < -0.4 is 14.5 Å². The zero-order valence-corrected chi connectivity index (χ0v) is 15.8. The summed E-state index contributed by atoms with van der Waals surface area (Å²) in [6.45, 7) is 3.32. The predicted octanol–water partition coefficient (Wildman–Crippen LogP) is 2.97. The number of hydrogen-bond donors (Lipinski definition) is 0. The molecule has 1 aliphatic rings. The molecule has 0 radical (unpaired) electrons. The lowest BCUT2D eigenvalue weighted by Crippen LogP contribution is -2.44. The van der Waals surface area contributed by atoms with E-state index in [4.69, 9.17) is 14.7 Å². The number of benzene rings is 2. The average Bonchev–Trinajstić information content (AvgIpc) is 2.67. The quantitative estimate of drug-likeness (QED) is 0.717. The summed E-state index contributed by atoms with van der Waals surface area (Å²) in [6.07, 6.45) is 0.266. The highest BCUT2D eigenvalue weighted by molar-refractivity contribution is 5.98. The van der Waals surface area contributed by atoms with Gasteiger partial charge in [0.15, 0.2) is 11.6 Å². The lowest BCUT2D eigenvalue weighted by Gasteiger charge is -2.34. The first kappa shape index (κ1) is 17.3. The van der Waals surface area contributed by atoms with Gasteiger partial charge in [0, 0.05) is 25.7 Å². The minimum absolute atomic E-state index is 0.00201. The Kier molecular flexibility index (Phi) is 4.39. The molecule has 138 valence electrons. The molecule has 6 heteroatoms. The standard InChI is InChI=1S/C21H22N4O2/c1-14-8-9-18(27-3)15(12-14)13-19(26)25-11-10-24(2)20-21(25)23-17-7-5-4-6-16(17)22-20/h4-9,12H,10-11,13H2,1-3H3. The Morgan fingerprint density at radius 2 is 1.78 bits per heavy atom. The molecule has 0 atom stereocenters. The van der Waals surface area contributed by atoms with Gasteiger partial charge in [0.05, 0.1) is 24.6 Å². The zero-order chi connectivity index (χ0) is 19.0. The molecule has 0 aliphatic carbocycles. The largest absolute Gasteiger partial charge is 0.496 e. The lowest BCUT2D eigenvalue weighted by molar-refractivity contribution is -0.118. The number of anilines is 2. The molecule has 0 unspecified atom stereocenters. The van der Waals surface area contributed by atoms with Crippen molar-refractivity contribution in [2.24, 2.45) is 0 Å². The van der Waals surface area contributed by atoms with E-state index < -0.39 is 0 Å². The Hall–Kier alpha value is -3.15. The van der Waals surface area contributed by atoms with Gasteiger partial charge < -0.3 is 9.64 Å². The topological polar surface area (TPSA) is 58.6 Å². The van der Waals surface area contributed by atoms with Gasteiger partial charge in [0.2, 0.25) is 5.91 Å². The van der Waals surface area contributed by atoms with E-state index in [1.54, 1.807) is 12.0 Å². The fraction of sp³-hybridized carbons (Fsp3) is 0.286. The van der Waals surface area contributed by atoms with Crippen molar-refractivity contribution in [1.82, 2.24) is 9.97 Å². The fourth-order valence-corrected chi connectivity index (χ4v) is 3.43. The molecule has 27 heavy (non-hydrogen) atoms. The van der Waals surface area contributed by atoms with Gasteiger partial charge in [-0.15, -0.1) is 0 Å². The third-order valence-electron chi connectivity index (χ3n) is 4.89. The molecular weight excluding hydrogens is 340 g/mol. The highest BCUT2D eigenvalue weighted by Gasteiger charge is 2.29. The van der Waals surface area contributed by atoms with Crippen LogP contribution >= 0.6 is 0 Å². The van der Waals surface area contributed by atoms with E-state index in [9.17, 15) is 4.79 Å². The van der Waals surface area contributed by atoms with Crippen LogP contribution in [0.15, 0.2) is 42.5 Å². The minimum Gasteiger partial charge on any atom is -0.496 e. The van der Waals surface area contributed by atoms with Crippen molar-refractivity contribution in [3.63, 3.8) is 0 Å². The van der Waals surface area contributed by atoms with Crippen molar-refractivity contribution in [1.29, 1.82) is 0 Å². The number of amides is 1. The Morgan fingerprint density at radius 1 is 1.07 bits per heavy atom. The summed E-state index contributed by atoms with van der Waals surface area (Å²) < 4.78 is 5.43. The van der Waals surface area contributed by atoms with Gasteiger partial charge in [0.25, 0.3) is 0 Å². The van der Waals surface area contributed by atoms with Gasteiger partial charge in [0.1, 0.15) is 5.75 Å². The number of fused-ring (bicyclic) bond motifs is 2. The first-order valence-corrected chi connectivity index (χ1v) is 8.98. The second-order valence-corrected chi connectivity index (χ2v) is 6.82. The first-order valence-electron chi connectivity index (χ1n) is 8.98. The summed E-state index contributed by atoms with van der Waals surface area (Å²) in [5, 5.41) is 0. The SMILES string of the molecule is COc1ccc(C)cc1CC(=O)N1CCN(C)c2nc3ccccc3nc21. The number of para-hydroxylation sites is 2. The number of methoxy groups -OCH3 is 1. The van der Waals surface area contributed by atoms with E-state index in [0.717, 1.165) is 40.3 Å². The molecule has 2 aromatic carbocycles. The lowest BCUT2D eigenvalue weighted by atomic mass is 10.1. The third kappa shape index (κ3) is 3.18. The van der Waals surface area contributed by atoms with E-state index >= 15 is 0 Å². The monoisotopic (exact) mass is 362 g/mol. The molecule has 2 heterocycles. The molecule has 1 amide bonds. The van der Waals surface area contributed by atoms with Crippen LogP contribution in [0, 0.1) is 6.92 Å². The van der Waals surface area contributed by atoms with Crippen molar-refractivity contribution in [2.45, 2.75) is 13.3 Å². The van der Waals surface area contributed by atoms with Crippen molar-refractivity contribution in [3.8, 4) is 5.75 Å². The molecule has 1 aromatic heterocycles.